The highest BCUT2D eigenvalue weighted by Gasteiger charge is 2.47. The summed E-state index contributed by atoms with van der Waals surface area (Å²) in [5.74, 6) is -1.39. The number of aliphatic carboxylic acids is 1. The molecule has 3 atom stereocenters. The first-order valence-corrected chi connectivity index (χ1v) is 4.91. The lowest BCUT2D eigenvalue weighted by Gasteiger charge is -2.17. The summed E-state index contributed by atoms with van der Waals surface area (Å²) < 4.78 is 0. The normalized spacial score (nSPS) is 35.5. The first-order valence-electron chi connectivity index (χ1n) is 4.91. The van der Waals surface area contributed by atoms with Gasteiger partial charge in [-0.15, -0.1) is 0 Å². The first-order chi connectivity index (χ1) is 6.85. The van der Waals surface area contributed by atoms with Crippen LogP contribution >= 0.6 is 0 Å². The van der Waals surface area contributed by atoms with Gasteiger partial charge in [0.2, 0.25) is 0 Å². The Balaban J connectivity index is 2.53. The molecule has 0 saturated heterocycles. The van der Waals surface area contributed by atoms with E-state index in [0.717, 1.165) is 0 Å². The molecule has 1 rings (SSSR count). The number of aliphatic hydroxyl groups is 1. The van der Waals surface area contributed by atoms with E-state index in [-0.39, 0.29) is 25.1 Å². The van der Waals surface area contributed by atoms with Crippen molar-refractivity contribution in [1.29, 1.82) is 0 Å². The summed E-state index contributed by atoms with van der Waals surface area (Å²) in [6.07, 6.45) is -0.0856. The molecule has 6 nitrogen and oxygen atoms in total. The highest BCUT2D eigenvalue weighted by atomic mass is 16.4. The Morgan fingerprint density at radius 2 is 2.07 bits per heavy atom. The maximum Gasteiger partial charge on any atom is 0.451 e. The van der Waals surface area contributed by atoms with E-state index in [1.807, 2.05) is 0 Å². The average Bonchev–Trinajstić information content (AvgIpc) is 2.39. The maximum atomic E-state index is 10.8. The largest absolute Gasteiger partial charge is 0.480 e. The molecule has 0 spiro atoms. The Bertz CT molecular complexity index is 249. The summed E-state index contributed by atoms with van der Waals surface area (Å²) >= 11 is 0. The minimum Gasteiger partial charge on any atom is -0.480 e. The molecule has 15 heavy (non-hydrogen) atoms. The van der Waals surface area contributed by atoms with Crippen molar-refractivity contribution < 1.29 is 25.1 Å². The van der Waals surface area contributed by atoms with Crippen LogP contribution in [0.15, 0.2) is 0 Å². The predicted molar refractivity (Wildman–Crippen MR) is 52.9 cm³/mol. The van der Waals surface area contributed by atoms with Crippen molar-refractivity contribution in [3.05, 3.63) is 0 Å². The Kier molecular flexibility index (Phi) is 3.72. The molecule has 0 aromatic rings. The minimum absolute atomic E-state index is 0.0223. The monoisotopic (exact) mass is 217 g/mol. The molecule has 0 aromatic heterocycles. The molecule has 7 heteroatoms. The fourth-order valence-corrected chi connectivity index (χ4v) is 2.06. The van der Waals surface area contributed by atoms with Crippen LogP contribution in [0, 0.1) is 5.92 Å². The number of rotatable bonds is 4. The van der Waals surface area contributed by atoms with Crippen LogP contribution in [0.5, 0.6) is 0 Å². The van der Waals surface area contributed by atoms with Gasteiger partial charge >= 0.3 is 13.1 Å². The van der Waals surface area contributed by atoms with Gasteiger partial charge in [-0.3, -0.25) is 4.79 Å². The zero-order valence-electron chi connectivity index (χ0n) is 8.33. The molecule has 0 radical (unpaired) electrons. The lowest BCUT2D eigenvalue weighted by atomic mass is 9.80. The van der Waals surface area contributed by atoms with Crippen LogP contribution in [0.1, 0.15) is 19.3 Å². The molecule has 1 aliphatic carbocycles. The quantitative estimate of drug-likeness (QED) is 0.361. The van der Waals surface area contributed by atoms with Crippen molar-refractivity contribution in [2.75, 3.05) is 0 Å². The summed E-state index contributed by atoms with van der Waals surface area (Å²) in [5.41, 5.74) is 4.23. The molecule has 1 fully saturated rings. The van der Waals surface area contributed by atoms with Gasteiger partial charge in [0, 0.05) is 6.42 Å². The van der Waals surface area contributed by atoms with Gasteiger partial charge in [0.1, 0.15) is 5.54 Å². The van der Waals surface area contributed by atoms with Gasteiger partial charge in [-0.05, 0) is 25.1 Å². The number of carboxylic acids is 1. The van der Waals surface area contributed by atoms with Crippen LogP contribution in [0.25, 0.3) is 0 Å². The van der Waals surface area contributed by atoms with Gasteiger partial charge in [-0.2, -0.15) is 0 Å². The van der Waals surface area contributed by atoms with Gasteiger partial charge < -0.3 is 26.0 Å². The number of nitrogens with two attached hydrogens (primary N) is 1. The zero-order chi connectivity index (χ0) is 11.6. The Hall–Kier alpha value is -0.625. The third kappa shape index (κ3) is 2.91. The number of hydrogen-bond donors (Lipinski definition) is 5. The second-order valence-corrected chi connectivity index (χ2v) is 4.25. The van der Waals surface area contributed by atoms with Crippen LogP contribution < -0.4 is 5.73 Å². The Labute approximate surface area is 87.9 Å². The lowest BCUT2D eigenvalue weighted by molar-refractivity contribution is -0.143. The zero-order valence-corrected chi connectivity index (χ0v) is 8.33. The first kappa shape index (κ1) is 12.4. The van der Waals surface area contributed by atoms with E-state index in [0.29, 0.717) is 6.42 Å². The van der Waals surface area contributed by atoms with Crippen molar-refractivity contribution in [1.82, 2.24) is 0 Å². The molecule has 1 aliphatic rings. The smallest absolute Gasteiger partial charge is 0.451 e. The van der Waals surface area contributed by atoms with E-state index in [1.54, 1.807) is 0 Å². The molecule has 0 aliphatic heterocycles. The third-order valence-electron chi connectivity index (χ3n) is 2.97. The average molecular weight is 217 g/mol. The molecule has 0 amide bonds. The molecular formula is C8H16BNO5. The molecule has 6 N–H and O–H groups in total. The minimum atomic E-state index is -1.42. The third-order valence-corrected chi connectivity index (χ3v) is 2.97. The molecule has 1 unspecified atom stereocenters. The van der Waals surface area contributed by atoms with Gasteiger partial charge in [0.15, 0.2) is 0 Å². The van der Waals surface area contributed by atoms with Crippen LogP contribution in [0.4, 0.5) is 0 Å². The summed E-state index contributed by atoms with van der Waals surface area (Å²) in [7, 11) is -1.42. The standard InChI is InChI=1S/C8H16BNO5/c10-8(7(12)13)3-5(6(11)4-8)1-2-9(14)15/h5-6,11,14-15H,1-4,10H2,(H,12,13)/t5?,6-,8-/m0/s1. The van der Waals surface area contributed by atoms with Crippen LogP contribution in [0.3, 0.4) is 0 Å². The van der Waals surface area contributed by atoms with Crippen LogP contribution in [-0.2, 0) is 4.79 Å². The highest BCUT2D eigenvalue weighted by molar-refractivity contribution is 6.40. The van der Waals surface area contributed by atoms with Crippen molar-refractivity contribution in [3.63, 3.8) is 0 Å². The highest BCUT2D eigenvalue weighted by Crippen LogP contribution is 2.36. The van der Waals surface area contributed by atoms with E-state index in [4.69, 9.17) is 20.9 Å². The molecule has 86 valence electrons. The topological polar surface area (TPSA) is 124 Å². The summed E-state index contributed by atoms with van der Waals surface area (Å²) in [6.45, 7) is 0. The fourth-order valence-electron chi connectivity index (χ4n) is 2.06. The van der Waals surface area contributed by atoms with Crippen LogP contribution in [0.2, 0.25) is 6.32 Å². The number of carboxylic acid groups (broad SMARTS) is 1. The van der Waals surface area contributed by atoms with Crippen molar-refractivity contribution in [2.24, 2.45) is 11.7 Å². The van der Waals surface area contributed by atoms with Gasteiger partial charge in [-0.25, -0.2) is 0 Å². The van der Waals surface area contributed by atoms with Crippen molar-refractivity contribution >= 4 is 13.1 Å². The Morgan fingerprint density at radius 3 is 2.47 bits per heavy atom. The predicted octanol–water partition coefficient (Wildman–Crippen LogP) is -1.60. The Morgan fingerprint density at radius 1 is 1.47 bits per heavy atom. The van der Waals surface area contributed by atoms with E-state index in [2.05, 4.69) is 0 Å². The molecule has 0 aromatic carbocycles. The van der Waals surface area contributed by atoms with E-state index in [1.165, 1.54) is 0 Å². The van der Waals surface area contributed by atoms with Crippen molar-refractivity contribution in [3.8, 4) is 0 Å². The van der Waals surface area contributed by atoms with E-state index < -0.39 is 24.7 Å². The van der Waals surface area contributed by atoms with E-state index in [9.17, 15) is 9.90 Å². The van der Waals surface area contributed by atoms with E-state index >= 15 is 0 Å². The SMILES string of the molecule is N[C@@]1(C(=O)O)CC(CCB(O)O)[C@@H](O)C1. The summed E-state index contributed by atoms with van der Waals surface area (Å²) in [5, 5.41) is 35.8. The summed E-state index contributed by atoms with van der Waals surface area (Å²) in [4.78, 5) is 10.8. The van der Waals surface area contributed by atoms with Crippen LogP contribution in [-0.4, -0.2) is 45.0 Å². The van der Waals surface area contributed by atoms with Crippen molar-refractivity contribution in [2.45, 2.75) is 37.2 Å². The molecule has 1 saturated carbocycles. The fraction of sp³-hybridized carbons (Fsp3) is 0.875. The molecular weight excluding hydrogens is 201 g/mol. The second-order valence-electron chi connectivity index (χ2n) is 4.25. The summed E-state index contributed by atoms with van der Waals surface area (Å²) in [6, 6.07) is 0. The van der Waals surface area contributed by atoms with Gasteiger partial charge in [-0.1, -0.05) is 0 Å². The second kappa shape index (κ2) is 4.48. The lowest BCUT2D eigenvalue weighted by Crippen LogP contribution is -2.45. The number of aliphatic hydroxyl groups excluding tert-OH is 1. The molecule has 0 heterocycles. The molecule has 0 bridgehead atoms. The number of hydrogen-bond acceptors (Lipinski definition) is 5. The maximum absolute atomic E-state index is 10.8. The van der Waals surface area contributed by atoms with Gasteiger partial charge in [0.05, 0.1) is 6.10 Å². The van der Waals surface area contributed by atoms with Gasteiger partial charge in [0.25, 0.3) is 0 Å². The number of carbonyl (C=O) groups is 1.